The summed E-state index contributed by atoms with van der Waals surface area (Å²) in [5, 5.41) is -0.165. The predicted molar refractivity (Wildman–Crippen MR) is 72.3 cm³/mol. The Morgan fingerprint density at radius 3 is 2.41 bits per heavy atom. The van der Waals surface area contributed by atoms with Gasteiger partial charge in [-0.1, -0.05) is 24.3 Å². The van der Waals surface area contributed by atoms with Crippen molar-refractivity contribution in [2.75, 3.05) is 6.54 Å². The molecule has 0 spiro atoms. The molecule has 0 radical (unpaired) electrons. The molecule has 4 nitrogen and oxygen atoms in total. The first-order valence-corrected chi connectivity index (χ1v) is 7.85. The number of rotatable bonds is 3. The lowest BCUT2D eigenvalue weighted by molar-refractivity contribution is -0.138. The van der Waals surface area contributed by atoms with Crippen LogP contribution in [-0.2, 0) is 16.2 Å². The molecule has 1 aliphatic heterocycles. The summed E-state index contributed by atoms with van der Waals surface area (Å²) in [6.45, 7) is 0.0198. The standard InChI is InChI=1S/C14H11F3N2O2S/c15-14(16,17)11-6-2-1-5-10(11)12-9-19(12)22(20,21)13-7-3-4-8-18-13/h1-8,12H,9H2. The lowest BCUT2D eigenvalue weighted by atomic mass is 10.0. The first kappa shape index (κ1) is 15.0. The minimum absolute atomic E-state index is 0.0198. The number of hydrogen-bond donors (Lipinski definition) is 0. The molecule has 0 aliphatic carbocycles. The summed E-state index contributed by atoms with van der Waals surface area (Å²) in [5.41, 5.74) is -0.840. The van der Waals surface area contributed by atoms with E-state index >= 15 is 0 Å². The Hall–Kier alpha value is -1.93. The minimum atomic E-state index is -4.51. The van der Waals surface area contributed by atoms with Gasteiger partial charge in [0.25, 0.3) is 10.0 Å². The van der Waals surface area contributed by atoms with Crippen LogP contribution in [-0.4, -0.2) is 24.3 Å². The average molecular weight is 328 g/mol. The lowest BCUT2D eigenvalue weighted by Gasteiger charge is -2.12. The first-order valence-electron chi connectivity index (χ1n) is 6.41. The van der Waals surface area contributed by atoms with Crippen LogP contribution in [0.25, 0.3) is 0 Å². The number of aromatic nitrogens is 1. The van der Waals surface area contributed by atoms with Crippen molar-refractivity contribution in [3.63, 3.8) is 0 Å². The third-order valence-electron chi connectivity index (χ3n) is 3.40. The average Bonchev–Trinajstić information content (AvgIpc) is 3.28. The van der Waals surface area contributed by atoms with Crippen LogP contribution < -0.4 is 0 Å². The lowest BCUT2D eigenvalue weighted by Crippen LogP contribution is -2.15. The second kappa shape index (κ2) is 5.06. The Morgan fingerprint density at radius 2 is 1.77 bits per heavy atom. The molecular formula is C14H11F3N2O2S. The van der Waals surface area contributed by atoms with Crippen molar-refractivity contribution in [2.45, 2.75) is 17.2 Å². The van der Waals surface area contributed by atoms with Crippen molar-refractivity contribution >= 4 is 10.0 Å². The van der Waals surface area contributed by atoms with E-state index in [1.165, 1.54) is 36.5 Å². The summed E-state index contributed by atoms with van der Waals surface area (Å²) in [7, 11) is -3.87. The molecule has 1 saturated heterocycles. The molecule has 2 unspecified atom stereocenters. The molecule has 1 fully saturated rings. The molecular weight excluding hydrogens is 317 g/mol. The molecule has 0 bridgehead atoms. The maximum atomic E-state index is 13.0. The first-order chi connectivity index (χ1) is 10.3. The van der Waals surface area contributed by atoms with Gasteiger partial charge in [0, 0.05) is 12.7 Å². The fourth-order valence-corrected chi connectivity index (χ4v) is 3.78. The highest BCUT2D eigenvalue weighted by molar-refractivity contribution is 7.89. The third-order valence-corrected chi connectivity index (χ3v) is 5.19. The molecule has 3 rings (SSSR count). The fourth-order valence-electron chi connectivity index (χ4n) is 2.31. The Morgan fingerprint density at radius 1 is 1.09 bits per heavy atom. The number of pyridine rings is 1. The molecule has 2 heterocycles. The summed E-state index contributed by atoms with van der Waals surface area (Å²) in [6.07, 6.45) is -3.19. The molecule has 1 aliphatic rings. The number of sulfonamides is 1. The van der Waals surface area contributed by atoms with Crippen LogP contribution >= 0.6 is 0 Å². The maximum Gasteiger partial charge on any atom is 0.416 e. The number of alkyl halides is 3. The topological polar surface area (TPSA) is 50.0 Å². The quantitative estimate of drug-likeness (QED) is 0.814. The van der Waals surface area contributed by atoms with E-state index in [0.717, 1.165) is 10.4 Å². The van der Waals surface area contributed by atoms with E-state index in [2.05, 4.69) is 4.98 Å². The largest absolute Gasteiger partial charge is 0.416 e. The molecule has 116 valence electrons. The molecule has 0 amide bonds. The summed E-state index contributed by atoms with van der Waals surface area (Å²) in [6, 6.07) is 8.62. The van der Waals surface area contributed by atoms with Gasteiger partial charge in [-0.05, 0) is 23.8 Å². The molecule has 0 saturated carbocycles. The summed E-state index contributed by atoms with van der Waals surface area (Å²) in [5.74, 6) is 0. The van der Waals surface area contributed by atoms with E-state index < -0.39 is 27.8 Å². The van der Waals surface area contributed by atoms with E-state index in [-0.39, 0.29) is 17.1 Å². The smallest absolute Gasteiger partial charge is 0.243 e. The number of benzene rings is 1. The van der Waals surface area contributed by atoms with Gasteiger partial charge < -0.3 is 0 Å². The second-order valence-electron chi connectivity index (χ2n) is 4.84. The zero-order valence-electron chi connectivity index (χ0n) is 11.2. The summed E-state index contributed by atoms with van der Waals surface area (Å²) >= 11 is 0. The zero-order chi connectivity index (χ0) is 16.0. The minimum Gasteiger partial charge on any atom is -0.243 e. The molecule has 1 aromatic carbocycles. The molecule has 2 aromatic rings. The Kier molecular flexibility index (Phi) is 3.45. The molecule has 22 heavy (non-hydrogen) atoms. The number of nitrogens with zero attached hydrogens (tertiary/aromatic N) is 2. The molecule has 2 atom stereocenters. The third kappa shape index (κ3) is 2.59. The van der Waals surface area contributed by atoms with Gasteiger partial charge in [0.2, 0.25) is 0 Å². The van der Waals surface area contributed by atoms with Crippen molar-refractivity contribution in [2.24, 2.45) is 0 Å². The van der Waals surface area contributed by atoms with Crippen LogP contribution in [0.1, 0.15) is 17.2 Å². The van der Waals surface area contributed by atoms with Crippen LogP contribution in [0.4, 0.5) is 13.2 Å². The van der Waals surface area contributed by atoms with Crippen molar-refractivity contribution in [1.82, 2.24) is 9.29 Å². The van der Waals surface area contributed by atoms with Gasteiger partial charge in [0.1, 0.15) is 0 Å². The van der Waals surface area contributed by atoms with Gasteiger partial charge in [-0.3, -0.25) is 0 Å². The van der Waals surface area contributed by atoms with Crippen LogP contribution in [0, 0.1) is 0 Å². The fraction of sp³-hybridized carbons (Fsp3) is 0.214. The highest BCUT2D eigenvalue weighted by Crippen LogP contribution is 2.44. The molecule has 0 N–H and O–H groups in total. The van der Waals surface area contributed by atoms with Crippen molar-refractivity contribution in [3.8, 4) is 0 Å². The SMILES string of the molecule is O=S(=O)(c1ccccn1)N1CC1c1ccccc1C(F)(F)F. The van der Waals surface area contributed by atoms with E-state index in [4.69, 9.17) is 0 Å². The van der Waals surface area contributed by atoms with Crippen LogP contribution in [0.5, 0.6) is 0 Å². The summed E-state index contributed by atoms with van der Waals surface area (Å²) < 4.78 is 64.7. The van der Waals surface area contributed by atoms with Gasteiger partial charge in [-0.2, -0.15) is 17.5 Å². The van der Waals surface area contributed by atoms with Gasteiger partial charge >= 0.3 is 6.18 Å². The second-order valence-corrected chi connectivity index (χ2v) is 6.68. The summed E-state index contributed by atoms with van der Waals surface area (Å²) in [4.78, 5) is 3.76. The zero-order valence-corrected chi connectivity index (χ0v) is 12.0. The van der Waals surface area contributed by atoms with E-state index in [9.17, 15) is 21.6 Å². The highest BCUT2D eigenvalue weighted by Gasteiger charge is 2.49. The Labute approximate surface area is 125 Å². The molecule has 1 aromatic heterocycles. The van der Waals surface area contributed by atoms with Gasteiger partial charge in [-0.25, -0.2) is 13.4 Å². The van der Waals surface area contributed by atoms with Gasteiger partial charge in [0.15, 0.2) is 5.03 Å². The van der Waals surface area contributed by atoms with Crippen molar-refractivity contribution < 1.29 is 21.6 Å². The Balaban J connectivity index is 1.93. The van der Waals surface area contributed by atoms with Crippen molar-refractivity contribution in [3.05, 3.63) is 59.8 Å². The maximum absolute atomic E-state index is 13.0. The highest BCUT2D eigenvalue weighted by atomic mass is 32.2. The number of halogens is 3. The van der Waals surface area contributed by atoms with Crippen LogP contribution in [0.3, 0.4) is 0 Å². The van der Waals surface area contributed by atoms with E-state index in [1.54, 1.807) is 6.07 Å². The normalized spacial score (nSPS) is 21.6. The Bertz CT molecular complexity index is 791. The van der Waals surface area contributed by atoms with Crippen LogP contribution in [0.2, 0.25) is 0 Å². The van der Waals surface area contributed by atoms with E-state index in [1.807, 2.05) is 0 Å². The van der Waals surface area contributed by atoms with Crippen molar-refractivity contribution in [1.29, 1.82) is 0 Å². The number of hydrogen-bond acceptors (Lipinski definition) is 3. The van der Waals surface area contributed by atoms with Gasteiger partial charge in [-0.15, -0.1) is 0 Å². The predicted octanol–water partition coefficient (Wildman–Crippen LogP) is 2.85. The van der Waals surface area contributed by atoms with E-state index in [0.29, 0.717) is 0 Å². The van der Waals surface area contributed by atoms with Crippen LogP contribution in [0.15, 0.2) is 53.7 Å². The monoisotopic (exact) mass is 328 g/mol. The van der Waals surface area contributed by atoms with Gasteiger partial charge in [0.05, 0.1) is 11.6 Å². The molecule has 8 heteroatoms.